The summed E-state index contributed by atoms with van der Waals surface area (Å²) in [7, 11) is 1.65. The van der Waals surface area contributed by atoms with Crippen molar-refractivity contribution < 1.29 is 28.6 Å². The van der Waals surface area contributed by atoms with Crippen molar-refractivity contribution in [3.05, 3.63) is 59.4 Å². The molecule has 0 saturated carbocycles. The Balaban J connectivity index is 1.40. The van der Waals surface area contributed by atoms with Crippen LogP contribution in [0.4, 0.5) is 10.1 Å². The van der Waals surface area contributed by atoms with E-state index in [4.69, 9.17) is 9.73 Å². The van der Waals surface area contributed by atoms with Crippen molar-refractivity contribution >= 4 is 29.4 Å². The molecule has 1 fully saturated rings. The van der Waals surface area contributed by atoms with Crippen molar-refractivity contribution in [3.8, 4) is 5.75 Å². The van der Waals surface area contributed by atoms with Crippen LogP contribution in [0.15, 0.2) is 47.5 Å². The lowest BCUT2D eigenvalue weighted by Gasteiger charge is -2.41. The standard InChI is InChI=1S/C33H45FN6O5/c1-22(41)40(33(2,3)4)29(31(43)44)20-37-30(42)24-9-12-28(27(34)19-24)38-17-13-25(14-18-38)39(32-35-15-6-16-36-32)21-23-7-10-26(45-5)11-8-23/h7-12,19,25,29H,6,13-18,20-21H2,1-5H3,(H,35,36)(H,37,42)(H,43,44)/t29-/m0/s1. The quantitative estimate of drug-likeness (QED) is 0.367. The minimum absolute atomic E-state index is 0.0764. The molecule has 2 aromatic carbocycles. The van der Waals surface area contributed by atoms with Gasteiger partial charge in [-0.1, -0.05) is 12.1 Å². The molecule has 2 aliphatic heterocycles. The smallest absolute Gasteiger partial charge is 0.328 e. The largest absolute Gasteiger partial charge is 0.497 e. The topological polar surface area (TPSA) is 127 Å². The number of ether oxygens (including phenoxy) is 1. The van der Waals surface area contributed by atoms with Crippen LogP contribution in [0.5, 0.6) is 5.75 Å². The van der Waals surface area contributed by atoms with E-state index in [1.165, 1.54) is 17.9 Å². The van der Waals surface area contributed by atoms with Crippen LogP contribution >= 0.6 is 0 Å². The molecule has 0 aromatic heterocycles. The molecule has 1 atom stereocenters. The Bertz CT molecular complexity index is 1380. The number of carboxylic acid groups (broad SMARTS) is 1. The number of piperidine rings is 1. The van der Waals surface area contributed by atoms with E-state index in [9.17, 15) is 19.5 Å². The van der Waals surface area contributed by atoms with Gasteiger partial charge in [-0.2, -0.15) is 0 Å². The fraction of sp³-hybridized carbons (Fsp3) is 0.515. The van der Waals surface area contributed by atoms with Gasteiger partial charge >= 0.3 is 5.97 Å². The number of hydrogen-bond donors (Lipinski definition) is 3. The van der Waals surface area contributed by atoms with Crippen LogP contribution in [0, 0.1) is 5.82 Å². The minimum Gasteiger partial charge on any atom is -0.497 e. The zero-order valence-electron chi connectivity index (χ0n) is 26.8. The number of methoxy groups -OCH3 is 1. The number of nitrogens with one attached hydrogen (secondary N) is 2. The van der Waals surface area contributed by atoms with Crippen molar-refractivity contribution in [2.75, 3.05) is 44.7 Å². The molecule has 0 bridgehead atoms. The van der Waals surface area contributed by atoms with E-state index in [2.05, 4.69) is 27.7 Å². The summed E-state index contributed by atoms with van der Waals surface area (Å²) in [6.07, 6.45) is 2.60. The lowest BCUT2D eigenvalue weighted by atomic mass is 10.0. The number of carboxylic acids is 1. The summed E-state index contributed by atoms with van der Waals surface area (Å²) in [4.78, 5) is 47.3. The maximum atomic E-state index is 15.4. The highest BCUT2D eigenvalue weighted by Crippen LogP contribution is 2.28. The molecule has 4 rings (SSSR count). The van der Waals surface area contributed by atoms with E-state index < -0.39 is 35.2 Å². The Morgan fingerprint density at radius 2 is 1.84 bits per heavy atom. The molecular formula is C33H45FN6O5. The first-order chi connectivity index (χ1) is 21.4. The van der Waals surface area contributed by atoms with Crippen molar-refractivity contribution in [1.29, 1.82) is 0 Å². The summed E-state index contributed by atoms with van der Waals surface area (Å²) >= 11 is 0. The fourth-order valence-corrected chi connectivity index (χ4v) is 6.08. The Morgan fingerprint density at radius 1 is 1.16 bits per heavy atom. The van der Waals surface area contributed by atoms with Gasteiger partial charge in [0.1, 0.15) is 17.6 Å². The first-order valence-electron chi connectivity index (χ1n) is 15.4. The van der Waals surface area contributed by atoms with E-state index in [1.54, 1.807) is 40.0 Å². The third kappa shape index (κ3) is 8.43. The van der Waals surface area contributed by atoms with Crippen LogP contribution < -0.4 is 20.3 Å². The number of halogens is 1. The second kappa shape index (κ2) is 14.6. The van der Waals surface area contributed by atoms with Crippen molar-refractivity contribution in [2.24, 2.45) is 4.99 Å². The van der Waals surface area contributed by atoms with Crippen LogP contribution in [0.1, 0.15) is 62.9 Å². The summed E-state index contributed by atoms with van der Waals surface area (Å²) < 4.78 is 20.7. The van der Waals surface area contributed by atoms with Crippen molar-refractivity contribution in [1.82, 2.24) is 20.4 Å². The highest BCUT2D eigenvalue weighted by Gasteiger charge is 2.36. The SMILES string of the molecule is COc1ccc(CN(C2=NCCCN2)C2CCN(c3ccc(C(=O)NC[C@@H](C(=O)O)N(C(C)=O)C(C)(C)C)cc3F)CC2)cc1. The average Bonchev–Trinajstić information content (AvgIpc) is 3.01. The molecular weight excluding hydrogens is 579 g/mol. The van der Waals surface area contributed by atoms with E-state index >= 15 is 4.39 Å². The van der Waals surface area contributed by atoms with Gasteiger partial charge in [-0.3, -0.25) is 14.6 Å². The van der Waals surface area contributed by atoms with E-state index in [0.717, 1.165) is 49.6 Å². The lowest BCUT2D eigenvalue weighted by Crippen LogP contribution is -2.57. The monoisotopic (exact) mass is 624 g/mol. The van der Waals surface area contributed by atoms with Crippen LogP contribution in [0.25, 0.3) is 0 Å². The minimum atomic E-state index is -1.27. The summed E-state index contributed by atoms with van der Waals surface area (Å²) in [5.41, 5.74) is 0.870. The summed E-state index contributed by atoms with van der Waals surface area (Å²) in [6.45, 7) is 9.78. The highest BCUT2D eigenvalue weighted by atomic mass is 19.1. The van der Waals surface area contributed by atoms with Gasteiger partial charge in [0.15, 0.2) is 5.96 Å². The van der Waals surface area contributed by atoms with Gasteiger partial charge in [0, 0.05) is 63.3 Å². The van der Waals surface area contributed by atoms with E-state index in [-0.39, 0.29) is 18.2 Å². The first kappa shape index (κ1) is 33.5. The highest BCUT2D eigenvalue weighted by molar-refractivity contribution is 5.95. The molecule has 244 valence electrons. The maximum absolute atomic E-state index is 15.4. The zero-order valence-corrected chi connectivity index (χ0v) is 26.8. The van der Waals surface area contributed by atoms with Gasteiger partial charge in [0.05, 0.1) is 12.8 Å². The molecule has 1 saturated heterocycles. The molecule has 3 N–H and O–H groups in total. The third-order valence-corrected chi connectivity index (χ3v) is 8.23. The lowest BCUT2D eigenvalue weighted by molar-refractivity contribution is -0.153. The summed E-state index contributed by atoms with van der Waals surface area (Å²) in [6, 6.07) is 11.3. The van der Waals surface area contributed by atoms with Crippen LogP contribution in [0.2, 0.25) is 0 Å². The number of carbonyl (C=O) groups excluding carboxylic acids is 2. The number of carbonyl (C=O) groups is 3. The molecule has 0 aliphatic carbocycles. The van der Waals surface area contributed by atoms with E-state index in [1.807, 2.05) is 17.0 Å². The number of aliphatic imine (C=N–C) groups is 1. The van der Waals surface area contributed by atoms with E-state index in [0.29, 0.717) is 25.3 Å². The molecule has 2 heterocycles. The Hall–Kier alpha value is -4.35. The summed E-state index contributed by atoms with van der Waals surface area (Å²) in [5, 5.41) is 15.8. The van der Waals surface area contributed by atoms with Gasteiger partial charge in [0.25, 0.3) is 5.91 Å². The first-order valence-corrected chi connectivity index (χ1v) is 15.4. The number of anilines is 1. The van der Waals surface area contributed by atoms with Gasteiger partial charge in [-0.15, -0.1) is 0 Å². The number of rotatable bonds is 10. The third-order valence-electron chi connectivity index (χ3n) is 8.23. The molecule has 12 heteroatoms. The predicted octanol–water partition coefficient (Wildman–Crippen LogP) is 3.48. The van der Waals surface area contributed by atoms with Gasteiger partial charge < -0.3 is 35.2 Å². The zero-order chi connectivity index (χ0) is 32.7. The number of aliphatic carboxylic acids is 1. The van der Waals surface area contributed by atoms with Gasteiger partial charge in [-0.25, -0.2) is 9.18 Å². The number of guanidine groups is 1. The number of benzene rings is 2. The predicted molar refractivity (Wildman–Crippen MR) is 171 cm³/mol. The molecule has 0 radical (unpaired) electrons. The molecule has 11 nitrogen and oxygen atoms in total. The number of amides is 2. The second-order valence-corrected chi connectivity index (χ2v) is 12.5. The normalized spacial score (nSPS) is 16.2. The van der Waals surface area contributed by atoms with Gasteiger partial charge in [-0.05, 0) is 75.9 Å². The molecule has 2 amide bonds. The molecule has 2 aromatic rings. The van der Waals surface area contributed by atoms with Crippen LogP contribution in [-0.4, -0.2) is 96.1 Å². The fourth-order valence-electron chi connectivity index (χ4n) is 6.08. The number of hydrogen-bond acceptors (Lipinski definition) is 8. The summed E-state index contributed by atoms with van der Waals surface area (Å²) in [5.74, 6) is -1.09. The molecule has 0 unspecified atom stereocenters. The Morgan fingerprint density at radius 3 is 2.38 bits per heavy atom. The van der Waals surface area contributed by atoms with Gasteiger partial charge in [0.2, 0.25) is 5.91 Å². The average molecular weight is 625 g/mol. The molecule has 45 heavy (non-hydrogen) atoms. The van der Waals surface area contributed by atoms with Crippen LogP contribution in [-0.2, 0) is 16.1 Å². The van der Waals surface area contributed by atoms with Crippen molar-refractivity contribution in [3.63, 3.8) is 0 Å². The second-order valence-electron chi connectivity index (χ2n) is 12.5. The number of nitrogens with zero attached hydrogens (tertiary/aromatic N) is 4. The Labute approximate surface area is 264 Å². The van der Waals surface area contributed by atoms with Crippen LogP contribution in [0.3, 0.4) is 0 Å². The molecule has 2 aliphatic rings. The molecule has 0 spiro atoms. The van der Waals surface area contributed by atoms with Crippen molar-refractivity contribution in [2.45, 2.75) is 71.1 Å². The maximum Gasteiger partial charge on any atom is 0.328 e. The Kier molecular flexibility index (Phi) is 10.9.